The predicted molar refractivity (Wildman–Crippen MR) is 59.0 cm³/mol. The summed E-state index contributed by atoms with van der Waals surface area (Å²) >= 11 is 0. The van der Waals surface area contributed by atoms with Gasteiger partial charge in [-0.1, -0.05) is 42.5 Å². The van der Waals surface area contributed by atoms with Crippen molar-refractivity contribution in [2.75, 3.05) is 0 Å². The molecule has 0 saturated carbocycles. The third kappa shape index (κ3) is 1.16. The Labute approximate surface area is 93.2 Å². The Kier molecular flexibility index (Phi) is 1.83. The van der Waals surface area contributed by atoms with Crippen LogP contribution in [-0.2, 0) is 6.42 Å². The van der Waals surface area contributed by atoms with E-state index in [0.29, 0.717) is 5.56 Å². The van der Waals surface area contributed by atoms with Gasteiger partial charge in [-0.25, -0.2) is 0 Å². The Morgan fingerprint density at radius 2 is 1.75 bits per heavy atom. The molecule has 0 spiro atoms. The van der Waals surface area contributed by atoms with E-state index >= 15 is 0 Å². The molecule has 0 bridgehead atoms. The van der Waals surface area contributed by atoms with E-state index in [0.717, 1.165) is 23.1 Å². The first-order valence-electron chi connectivity index (χ1n) is 5.19. The van der Waals surface area contributed by atoms with Crippen molar-refractivity contribution in [1.29, 1.82) is 0 Å². The molecule has 0 fully saturated rings. The molecule has 0 atom stereocenters. The zero-order valence-corrected chi connectivity index (χ0v) is 8.57. The van der Waals surface area contributed by atoms with E-state index in [9.17, 15) is 9.90 Å². The maximum atomic E-state index is 11.1. The molecule has 16 heavy (non-hydrogen) atoms. The highest BCUT2D eigenvalue weighted by atomic mass is 16.4. The molecule has 2 aromatic carbocycles. The number of aromatic carboxylic acids is 1. The Hall–Kier alpha value is -2.09. The summed E-state index contributed by atoms with van der Waals surface area (Å²) in [7, 11) is 0. The van der Waals surface area contributed by atoms with Crippen LogP contribution in [0.4, 0.5) is 0 Å². The third-order valence-corrected chi connectivity index (χ3v) is 3.04. The van der Waals surface area contributed by atoms with Gasteiger partial charge in [0, 0.05) is 5.56 Å². The monoisotopic (exact) mass is 209 g/mol. The summed E-state index contributed by atoms with van der Waals surface area (Å²) in [6, 6.07) is 13.3. The lowest BCUT2D eigenvalue weighted by Crippen LogP contribution is -2.23. The molecular weight excluding hydrogens is 200 g/mol. The van der Waals surface area contributed by atoms with E-state index in [1.807, 2.05) is 30.3 Å². The molecule has 0 heterocycles. The molecule has 0 aliphatic heterocycles. The van der Waals surface area contributed by atoms with Gasteiger partial charge in [0.05, 0.1) is 5.97 Å². The van der Waals surface area contributed by atoms with Gasteiger partial charge in [-0.2, -0.15) is 0 Å². The summed E-state index contributed by atoms with van der Waals surface area (Å²) in [5.41, 5.74) is 4.41. The zero-order valence-electron chi connectivity index (χ0n) is 8.57. The first-order chi connectivity index (χ1) is 7.77. The van der Waals surface area contributed by atoms with E-state index in [4.69, 9.17) is 0 Å². The van der Waals surface area contributed by atoms with Gasteiger partial charge in [0.2, 0.25) is 0 Å². The Morgan fingerprint density at radius 3 is 2.56 bits per heavy atom. The van der Waals surface area contributed by atoms with Crippen molar-refractivity contribution in [3.63, 3.8) is 0 Å². The average molecular weight is 209 g/mol. The molecule has 3 rings (SSSR count). The summed E-state index contributed by atoms with van der Waals surface area (Å²) in [4.78, 5) is 11.1. The molecule has 78 valence electrons. The molecule has 1 aliphatic carbocycles. The van der Waals surface area contributed by atoms with Crippen molar-refractivity contribution >= 4 is 5.97 Å². The number of benzene rings is 2. The number of hydrogen-bond donors (Lipinski definition) is 0. The van der Waals surface area contributed by atoms with Crippen molar-refractivity contribution in [2.45, 2.75) is 6.42 Å². The number of carbonyl (C=O) groups is 1. The Bertz CT molecular complexity index is 585. The first kappa shape index (κ1) is 9.16. The van der Waals surface area contributed by atoms with Gasteiger partial charge >= 0.3 is 0 Å². The number of carboxylic acid groups (broad SMARTS) is 1. The standard InChI is InChI=1S/C14H10O2/c15-14(16)12-7-3-5-10-8-9-4-1-2-6-11(9)13(10)12/h1-7H,8H2,(H,15,16)/p-1. The highest BCUT2D eigenvalue weighted by Crippen LogP contribution is 2.38. The fraction of sp³-hybridized carbons (Fsp3) is 0.0714. The highest BCUT2D eigenvalue weighted by Gasteiger charge is 2.20. The van der Waals surface area contributed by atoms with Crippen LogP contribution in [0.2, 0.25) is 0 Å². The molecule has 0 N–H and O–H groups in total. The predicted octanol–water partition coefficient (Wildman–Crippen LogP) is 1.62. The van der Waals surface area contributed by atoms with E-state index in [1.165, 1.54) is 5.56 Å². The van der Waals surface area contributed by atoms with Crippen molar-refractivity contribution in [3.8, 4) is 11.1 Å². The maximum absolute atomic E-state index is 11.1. The topological polar surface area (TPSA) is 40.1 Å². The number of rotatable bonds is 1. The molecule has 1 aliphatic rings. The van der Waals surface area contributed by atoms with Crippen LogP contribution in [0.3, 0.4) is 0 Å². The van der Waals surface area contributed by atoms with Gasteiger partial charge in [0.15, 0.2) is 0 Å². The van der Waals surface area contributed by atoms with Crippen LogP contribution in [0.5, 0.6) is 0 Å². The fourth-order valence-corrected chi connectivity index (χ4v) is 2.36. The van der Waals surface area contributed by atoms with E-state index in [1.54, 1.807) is 12.1 Å². The van der Waals surface area contributed by atoms with Crippen LogP contribution >= 0.6 is 0 Å². The van der Waals surface area contributed by atoms with Gasteiger partial charge in [-0.15, -0.1) is 0 Å². The number of fused-ring (bicyclic) bond motifs is 3. The summed E-state index contributed by atoms with van der Waals surface area (Å²) in [5, 5.41) is 11.1. The minimum atomic E-state index is -1.10. The van der Waals surface area contributed by atoms with Gasteiger partial charge in [-0.05, 0) is 28.7 Å². The Balaban J connectivity index is 2.33. The summed E-state index contributed by atoms with van der Waals surface area (Å²) in [6.07, 6.45) is 0.812. The lowest BCUT2D eigenvalue weighted by Gasteiger charge is -2.09. The first-order valence-corrected chi connectivity index (χ1v) is 5.19. The van der Waals surface area contributed by atoms with Gasteiger partial charge < -0.3 is 9.90 Å². The maximum Gasteiger partial charge on any atom is 0.0721 e. The number of hydrogen-bond acceptors (Lipinski definition) is 2. The molecular formula is C14H9O2-. The normalized spacial score (nSPS) is 12.0. The van der Waals surface area contributed by atoms with E-state index in [2.05, 4.69) is 0 Å². The molecule has 0 unspecified atom stereocenters. The second kappa shape index (κ2) is 3.20. The van der Waals surface area contributed by atoms with Crippen molar-refractivity contribution in [2.24, 2.45) is 0 Å². The lowest BCUT2D eigenvalue weighted by molar-refractivity contribution is -0.254. The van der Waals surface area contributed by atoms with Crippen LogP contribution < -0.4 is 5.11 Å². The zero-order chi connectivity index (χ0) is 11.1. The molecule has 0 aromatic heterocycles. The minimum Gasteiger partial charge on any atom is -0.545 e. The second-order valence-electron chi connectivity index (χ2n) is 3.96. The largest absolute Gasteiger partial charge is 0.545 e. The van der Waals surface area contributed by atoms with Gasteiger partial charge in [0.1, 0.15) is 0 Å². The molecule has 2 nitrogen and oxygen atoms in total. The van der Waals surface area contributed by atoms with Crippen molar-refractivity contribution in [1.82, 2.24) is 0 Å². The molecule has 2 aromatic rings. The summed E-state index contributed by atoms with van der Waals surface area (Å²) in [6.45, 7) is 0. The van der Waals surface area contributed by atoms with E-state index < -0.39 is 5.97 Å². The van der Waals surface area contributed by atoms with Crippen LogP contribution in [0.1, 0.15) is 21.5 Å². The smallest absolute Gasteiger partial charge is 0.0721 e. The molecule has 2 heteroatoms. The van der Waals surface area contributed by atoms with Gasteiger partial charge in [0.25, 0.3) is 0 Å². The quantitative estimate of drug-likeness (QED) is 0.611. The SMILES string of the molecule is O=C([O-])c1cccc2c1-c1ccccc1C2. The van der Waals surface area contributed by atoms with Crippen LogP contribution in [0.25, 0.3) is 11.1 Å². The third-order valence-electron chi connectivity index (χ3n) is 3.04. The highest BCUT2D eigenvalue weighted by molar-refractivity contribution is 5.97. The fourth-order valence-electron chi connectivity index (χ4n) is 2.36. The van der Waals surface area contributed by atoms with Crippen LogP contribution in [-0.4, -0.2) is 5.97 Å². The minimum absolute atomic E-state index is 0.294. The summed E-state index contributed by atoms with van der Waals surface area (Å²) in [5.74, 6) is -1.10. The van der Waals surface area contributed by atoms with Gasteiger partial charge in [-0.3, -0.25) is 0 Å². The lowest BCUT2D eigenvalue weighted by atomic mass is 10.00. The molecule has 0 saturated heterocycles. The van der Waals surface area contributed by atoms with Crippen LogP contribution in [0, 0.1) is 0 Å². The summed E-state index contributed by atoms with van der Waals surface area (Å²) < 4.78 is 0. The van der Waals surface area contributed by atoms with Crippen molar-refractivity contribution in [3.05, 3.63) is 59.2 Å². The number of carboxylic acids is 1. The van der Waals surface area contributed by atoms with E-state index in [-0.39, 0.29) is 0 Å². The Morgan fingerprint density at radius 1 is 1.00 bits per heavy atom. The average Bonchev–Trinajstić information content (AvgIpc) is 2.66. The second-order valence-corrected chi connectivity index (χ2v) is 3.96. The van der Waals surface area contributed by atoms with Crippen molar-refractivity contribution < 1.29 is 9.90 Å². The van der Waals surface area contributed by atoms with Crippen LogP contribution in [0.15, 0.2) is 42.5 Å². The molecule has 0 radical (unpaired) electrons. The number of carbonyl (C=O) groups excluding carboxylic acids is 1. The molecule has 0 amide bonds.